The molecule has 0 aliphatic heterocycles. The molecule has 0 amide bonds. The van der Waals surface area contributed by atoms with Gasteiger partial charge in [-0.2, -0.15) is 0 Å². The molecule has 0 unspecified atom stereocenters. The summed E-state index contributed by atoms with van der Waals surface area (Å²) in [5.74, 6) is 0. The van der Waals surface area contributed by atoms with Crippen molar-refractivity contribution in [2.24, 2.45) is 0 Å². The number of nitrogens with zero attached hydrogens (tertiary/aromatic N) is 4. The zero-order valence-corrected chi connectivity index (χ0v) is 75.1. The lowest BCUT2D eigenvalue weighted by Gasteiger charge is -2.26. The van der Waals surface area contributed by atoms with Crippen molar-refractivity contribution in [3.63, 3.8) is 0 Å². The number of anilines is 12. The average Bonchev–Trinajstić information content (AvgIpc) is 0.794. The van der Waals surface area contributed by atoms with Crippen molar-refractivity contribution in [1.82, 2.24) is 0 Å². The fourth-order valence-corrected chi connectivity index (χ4v) is 18.6. The van der Waals surface area contributed by atoms with Gasteiger partial charge in [-0.05, 0) is 296 Å². The number of hydrogen-bond acceptors (Lipinski definition) is 4. The highest BCUT2D eigenvalue weighted by Gasteiger charge is 2.21. The van der Waals surface area contributed by atoms with E-state index < -0.39 is 0 Å². The zero-order chi connectivity index (χ0) is 90.7. The standard InChI is InChI=1S/C132H94N4/c1-7-20-95(21-8-1)99-34-42-103(43-35-99)104-50-52-108(53-51-104)112-60-84-130(85-61-112)136(129-82-58-111(59-83-129)107-48-40-102(41-49-107)98-26-13-4-14-27-98)132-88-68-116(69-89-132)114-64-76-124(77-65-114)134(122-32-17-6-18-33-122)126-92-72-118(73-93-126)120-29-19-28-119(94-120)117-70-90-125(91-71-117)133(121-30-15-5-16-31-121)123-74-62-113(63-75-123)115-66-86-131(87-67-115)135(127-78-54-109(55-79-127)105-44-36-100(37-45-105)96-22-9-2-10-23-96)128-80-56-110(57-81-128)106-46-38-101(39-47-106)97-24-11-3-12-25-97/h1-94H. The number of rotatable bonds is 25. The van der Waals surface area contributed by atoms with Crippen molar-refractivity contribution in [3.8, 4) is 145 Å². The summed E-state index contributed by atoms with van der Waals surface area (Å²) in [4.78, 5) is 9.39. The van der Waals surface area contributed by atoms with Crippen LogP contribution in [0.1, 0.15) is 0 Å². The molecule has 22 aromatic carbocycles. The zero-order valence-electron chi connectivity index (χ0n) is 75.1. The molecule has 4 heteroatoms. The summed E-state index contributed by atoms with van der Waals surface area (Å²) in [5, 5.41) is 0. The van der Waals surface area contributed by atoms with E-state index in [4.69, 9.17) is 0 Å². The van der Waals surface area contributed by atoms with Crippen molar-refractivity contribution >= 4 is 68.2 Å². The van der Waals surface area contributed by atoms with Gasteiger partial charge in [0, 0.05) is 68.2 Å². The number of hydrogen-bond donors (Lipinski definition) is 0. The van der Waals surface area contributed by atoms with Gasteiger partial charge in [0.05, 0.1) is 0 Å². The van der Waals surface area contributed by atoms with Gasteiger partial charge in [0.1, 0.15) is 0 Å². The second kappa shape index (κ2) is 38.6. The topological polar surface area (TPSA) is 13.0 Å². The van der Waals surface area contributed by atoms with Crippen LogP contribution in [0.2, 0.25) is 0 Å². The molecular formula is C132H94N4. The third kappa shape index (κ3) is 18.3. The Balaban J connectivity index is 0.490. The Morgan fingerprint density at radius 1 is 0.0662 bits per heavy atom. The summed E-state index contributed by atoms with van der Waals surface area (Å²) >= 11 is 0. The molecule has 22 rings (SSSR count). The lowest BCUT2D eigenvalue weighted by atomic mass is 9.98. The molecule has 136 heavy (non-hydrogen) atoms. The maximum Gasteiger partial charge on any atom is 0.0462 e. The first-order valence-electron chi connectivity index (χ1n) is 46.5. The molecule has 22 aromatic rings. The molecule has 0 atom stereocenters. The molecule has 4 nitrogen and oxygen atoms in total. The van der Waals surface area contributed by atoms with Crippen LogP contribution in [0.4, 0.5) is 68.2 Å². The summed E-state index contributed by atoms with van der Waals surface area (Å²) in [6.07, 6.45) is 0. The van der Waals surface area contributed by atoms with Gasteiger partial charge >= 0.3 is 0 Å². The Bertz CT molecular complexity index is 7550. The highest BCUT2D eigenvalue weighted by Crippen LogP contribution is 2.46. The molecule has 0 aliphatic rings. The number of benzene rings is 22. The summed E-state index contributed by atoms with van der Waals surface area (Å²) in [6, 6.07) is 207. The van der Waals surface area contributed by atoms with Crippen molar-refractivity contribution in [2.75, 3.05) is 19.6 Å². The van der Waals surface area contributed by atoms with E-state index >= 15 is 0 Å². The minimum Gasteiger partial charge on any atom is -0.311 e. The Morgan fingerprint density at radius 2 is 0.154 bits per heavy atom. The van der Waals surface area contributed by atoms with Crippen LogP contribution in [0, 0.1) is 0 Å². The van der Waals surface area contributed by atoms with E-state index in [2.05, 4.69) is 590 Å². The van der Waals surface area contributed by atoms with Gasteiger partial charge in [0.25, 0.3) is 0 Å². The fourth-order valence-electron chi connectivity index (χ4n) is 18.6. The van der Waals surface area contributed by atoms with Crippen LogP contribution < -0.4 is 19.6 Å². The smallest absolute Gasteiger partial charge is 0.0462 e. The minimum absolute atomic E-state index is 1.06. The lowest BCUT2D eigenvalue weighted by Crippen LogP contribution is -2.10. The van der Waals surface area contributed by atoms with Gasteiger partial charge < -0.3 is 19.6 Å². The van der Waals surface area contributed by atoms with Gasteiger partial charge in [-0.25, -0.2) is 0 Å². The molecule has 0 saturated carbocycles. The van der Waals surface area contributed by atoms with E-state index in [1.165, 1.54) is 77.9 Å². The molecule has 642 valence electrons. The van der Waals surface area contributed by atoms with Crippen LogP contribution in [-0.2, 0) is 0 Å². The van der Waals surface area contributed by atoms with E-state index in [1.54, 1.807) is 0 Å². The van der Waals surface area contributed by atoms with Crippen LogP contribution in [-0.4, -0.2) is 0 Å². The molecule has 0 spiro atoms. The summed E-state index contributed by atoms with van der Waals surface area (Å²) in [7, 11) is 0. The monoisotopic (exact) mass is 1730 g/mol. The van der Waals surface area contributed by atoms with Crippen molar-refractivity contribution in [2.45, 2.75) is 0 Å². The predicted molar refractivity (Wildman–Crippen MR) is 576 cm³/mol. The van der Waals surface area contributed by atoms with Crippen LogP contribution >= 0.6 is 0 Å². The third-order valence-corrected chi connectivity index (χ3v) is 26.0. The fraction of sp³-hybridized carbons (Fsp3) is 0. The van der Waals surface area contributed by atoms with Crippen molar-refractivity contribution in [1.29, 1.82) is 0 Å². The molecule has 0 aliphatic carbocycles. The molecule has 0 saturated heterocycles. The van der Waals surface area contributed by atoms with Gasteiger partial charge in [0.15, 0.2) is 0 Å². The Kier molecular flexibility index (Phi) is 23.7. The molecule has 0 radical (unpaired) electrons. The predicted octanol–water partition coefficient (Wildman–Crippen LogP) is 37.2. The van der Waals surface area contributed by atoms with E-state index in [1.807, 2.05) is 0 Å². The summed E-state index contributed by atoms with van der Waals surface area (Å²) in [5.41, 5.74) is 43.3. The average molecular weight is 1740 g/mol. The maximum atomic E-state index is 2.36. The largest absolute Gasteiger partial charge is 0.311 e. The molecular weight excluding hydrogens is 1640 g/mol. The SMILES string of the molecule is c1ccc(-c2ccc(-c3ccc(-c4ccc(N(c5ccc(-c6ccc(-c7ccccc7)cc6)cc5)c5ccc(-c6ccc(N(c7ccccc7)c7ccc(-c8cccc(-c9ccc(N(c%10ccccc%10)c%10ccc(-c%11ccc(N(c%12ccc(-c%13ccc(-c%14ccccc%14)cc%13)cc%12)c%12ccc(-c%13ccc(-c%14ccccc%14)cc%13)cc%12)cc%11)cc%10)cc9)c8)cc7)cc6)cc5)cc4)cc3)cc2)cc1. The quantitative estimate of drug-likeness (QED) is 0.0565. The molecule has 0 N–H and O–H groups in total. The van der Waals surface area contributed by atoms with Gasteiger partial charge in [0.2, 0.25) is 0 Å². The van der Waals surface area contributed by atoms with Gasteiger partial charge in [-0.3, -0.25) is 0 Å². The normalized spacial score (nSPS) is 11.1. The van der Waals surface area contributed by atoms with E-state index in [0.717, 1.165) is 135 Å². The highest BCUT2D eigenvalue weighted by atomic mass is 15.2. The maximum absolute atomic E-state index is 2.36. The van der Waals surface area contributed by atoms with Crippen molar-refractivity contribution < 1.29 is 0 Å². The van der Waals surface area contributed by atoms with E-state index in [0.29, 0.717) is 0 Å². The first kappa shape index (κ1) is 83.6. The first-order chi connectivity index (χ1) is 67.4. The summed E-state index contributed by atoms with van der Waals surface area (Å²) in [6.45, 7) is 0. The second-order valence-electron chi connectivity index (χ2n) is 34.4. The van der Waals surface area contributed by atoms with Gasteiger partial charge in [-0.1, -0.05) is 419 Å². The molecule has 0 fully saturated rings. The van der Waals surface area contributed by atoms with Crippen molar-refractivity contribution in [3.05, 3.63) is 570 Å². The molecule has 0 heterocycles. The van der Waals surface area contributed by atoms with Crippen LogP contribution in [0.15, 0.2) is 570 Å². The lowest BCUT2D eigenvalue weighted by molar-refractivity contribution is 1.28. The Hall–Kier alpha value is -18.0. The minimum atomic E-state index is 1.06. The Labute approximate surface area is 797 Å². The second-order valence-corrected chi connectivity index (χ2v) is 34.4. The van der Waals surface area contributed by atoms with E-state index in [9.17, 15) is 0 Å². The summed E-state index contributed by atoms with van der Waals surface area (Å²) < 4.78 is 0. The highest BCUT2D eigenvalue weighted by molar-refractivity contribution is 5.89. The molecule has 0 bridgehead atoms. The van der Waals surface area contributed by atoms with Gasteiger partial charge in [-0.15, -0.1) is 0 Å². The Morgan fingerprint density at radius 3 is 0.287 bits per heavy atom. The number of para-hydroxylation sites is 2. The first-order valence-corrected chi connectivity index (χ1v) is 46.5. The van der Waals surface area contributed by atoms with Crippen LogP contribution in [0.25, 0.3) is 145 Å². The van der Waals surface area contributed by atoms with Crippen LogP contribution in [0.3, 0.4) is 0 Å². The molecule has 0 aromatic heterocycles. The third-order valence-electron chi connectivity index (χ3n) is 26.0. The van der Waals surface area contributed by atoms with E-state index in [-0.39, 0.29) is 0 Å². The van der Waals surface area contributed by atoms with Crippen LogP contribution in [0.5, 0.6) is 0 Å².